The fraction of sp³-hybridized carbons (Fsp3) is 0.636. The van der Waals surface area contributed by atoms with E-state index in [-0.39, 0.29) is 0 Å². The van der Waals surface area contributed by atoms with E-state index in [0.29, 0.717) is 0 Å². The maximum absolute atomic E-state index is 5.82. The van der Waals surface area contributed by atoms with Crippen LogP contribution in [0, 0.1) is 0 Å². The fourth-order valence-corrected chi connectivity index (χ4v) is 2.75. The zero-order chi connectivity index (χ0) is 9.80. The molecule has 1 nitrogen and oxygen atoms in total. The molecule has 0 bridgehead atoms. The highest BCUT2D eigenvalue weighted by Crippen LogP contribution is 2.26. The zero-order valence-electron chi connectivity index (χ0n) is 8.29. The Morgan fingerprint density at radius 1 is 1.50 bits per heavy atom. The molecule has 0 saturated heterocycles. The van der Waals surface area contributed by atoms with E-state index in [1.54, 1.807) is 11.3 Å². The number of alkyl halides is 1. The van der Waals surface area contributed by atoms with Crippen LogP contribution in [-0.4, -0.2) is 23.4 Å². The quantitative estimate of drug-likeness (QED) is 0.700. The number of nitrogens with zero attached hydrogens (tertiary/aromatic N) is 1. The van der Waals surface area contributed by atoms with Crippen LogP contribution in [0.2, 0.25) is 0 Å². The predicted molar refractivity (Wildman–Crippen MR) is 63.1 cm³/mol. The number of thiophene rings is 1. The molecular formula is C11H16ClNS. The summed E-state index contributed by atoms with van der Waals surface area (Å²) < 4.78 is 0. The van der Waals surface area contributed by atoms with Crippen molar-refractivity contribution in [3.8, 4) is 0 Å². The van der Waals surface area contributed by atoms with E-state index >= 15 is 0 Å². The van der Waals surface area contributed by atoms with E-state index < -0.39 is 0 Å². The second kappa shape index (κ2) is 5.15. The number of halogens is 1. The van der Waals surface area contributed by atoms with Gasteiger partial charge in [0.15, 0.2) is 0 Å². The normalized spacial score (nSPS) is 17.3. The summed E-state index contributed by atoms with van der Waals surface area (Å²) in [5.41, 5.74) is 1.44. The van der Waals surface area contributed by atoms with Gasteiger partial charge in [-0.1, -0.05) is 6.42 Å². The van der Waals surface area contributed by atoms with Crippen LogP contribution in [0.15, 0.2) is 16.8 Å². The van der Waals surface area contributed by atoms with Crippen molar-refractivity contribution in [2.45, 2.75) is 31.8 Å². The van der Waals surface area contributed by atoms with Gasteiger partial charge in [-0.2, -0.15) is 11.3 Å². The van der Waals surface area contributed by atoms with Crippen LogP contribution in [-0.2, 0) is 6.54 Å². The molecule has 0 spiro atoms. The first kappa shape index (κ1) is 10.5. The highest BCUT2D eigenvalue weighted by Gasteiger charge is 2.24. The Kier molecular flexibility index (Phi) is 3.85. The van der Waals surface area contributed by atoms with E-state index in [1.165, 1.54) is 24.8 Å². The second-order valence-corrected chi connectivity index (χ2v) is 5.03. The standard InChI is InChI=1S/C11H16ClNS/c12-5-6-13(11-2-1-3-11)8-10-4-7-14-9-10/h4,7,9,11H,1-3,5-6,8H2. The molecule has 0 aliphatic heterocycles. The van der Waals surface area contributed by atoms with E-state index in [2.05, 4.69) is 21.7 Å². The molecular weight excluding hydrogens is 214 g/mol. The van der Waals surface area contributed by atoms with Gasteiger partial charge in [-0.3, -0.25) is 4.90 Å². The lowest BCUT2D eigenvalue weighted by atomic mass is 9.91. The van der Waals surface area contributed by atoms with Crippen molar-refractivity contribution < 1.29 is 0 Å². The Balaban J connectivity index is 1.89. The van der Waals surface area contributed by atoms with Crippen molar-refractivity contribution >= 4 is 22.9 Å². The average Bonchev–Trinajstić information content (AvgIpc) is 2.54. The summed E-state index contributed by atoms with van der Waals surface area (Å²) in [6, 6.07) is 3.01. The van der Waals surface area contributed by atoms with Crippen LogP contribution >= 0.6 is 22.9 Å². The summed E-state index contributed by atoms with van der Waals surface area (Å²) in [5.74, 6) is 0.751. The molecule has 0 unspecified atom stereocenters. The SMILES string of the molecule is ClCCN(Cc1ccsc1)C1CCC1. The molecule has 1 heterocycles. The summed E-state index contributed by atoms with van der Waals surface area (Å²) in [4.78, 5) is 2.53. The second-order valence-electron chi connectivity index (χ2n) is 3.88. The lowest BCUT2D eigenvalue weighted by molar-refractivity contribution is 0.127. The maximum atomic E-state index is 5.82. The van der Waals surface area contributed by atoms with Gasteiger partial charge in [0.25, 0.3) is 0 Å². The third-order valence-electron chi connectivity index (χ3n) is 2.93. The summed E-state index contributed by atoms with van der Waals surface area (Å²) >= 11 is 7.60. The van der Waals surface area contributed by atoms with E-state index in [1.807, 2.05) is 0 Å². The van der Waals surface area contributed by atoms with Crippen molar-refractivity contribution in [1.82, 2.24) is 4.90 Å². The van der Waals surface area contributed by atoms with Gasteiger partial charge in [0, 0.05) is 25.0 Å². The minimum absolute atomic E-state index is 0.751. The summed E-state index contributed by atoms with van der Waals surface area (Å²) in [7, 11) is 0. The van der Waals surface area contributed by atoms with Gasteiger partial charge < -0.3 is 0 Å². The number of hydrogen-bond donors (Lipinski definition) is 0. The highest BCUT2D eigenvalue weighted by atomic mass is 35.5. The van der Waals surface area contributed by atoms with Crippen LogP contribution in [0.5, 0.6) is 0 Å². The Labute approximate surface area is 94.7 Å². The first-order chi connectivity index (χ1) is 6.90. The highest BCUT2D eigenvalue weighted by molar-refractivity contribution is 7.07. The minimum atomic E-state index is 0.751. The van der Waals surface area contributed by atoms with Crippen LogP contribution < -0.4 is 0 Å². The molecule has 1 aromatic rings. The molecule has 0 atom stereocenters. The van der Waals surface area contributed by atoms with Gasteiger partial charge in [0.2, 0.25) is 0 Å². The van der Waals surface area contributed by atoms with Crippen molar-refractivity contribution in [3.05, 3.63) is 22.4 Å². The predicted octanol–water partition coefficient (Wildman–Crippen LogP) is 3.34. The van der Waals surface area contributed by atoms with Gasteiger partial charge in [-0.05, 0) is 35.2 Å². The largest absolute Gasteiger partial charge is 0.295 e. The number of rotatable bonds is 5. The summed E-state index contributed by atoms with van der Waals surface area (Å²) in [5, 5.41) is 4.38. The first-order valence-corrected chi connectivity index (χ1v) is 6.69. The lowest BCUT2D eigenvalue weighted by Crippen LogP contribution is -2.40. The molecule has 1 aliphatic carbocycles. The third kappa shape index (κ3) is 2.50. The summed E-state index contributed by atoms with van der Waals surface area (Å²) in [6.07, 6.45) is 4.12. The van der Waals surface area contributed by atoms with Crippen molar-refractivity contribution in [3.63, 3.8) is 0 Å². The number of hydrogen-bond acceptors (Lipinski definition) is 2. The van der Waals surface area contributed by atoms with Gasteiger partial charge in [0.05, 0.1) is 0 Å². The van der Waals surface area contributed by atoms with E-state index in [4.69, 9.17) is 11.6 Å². The molecule has 1 fully saturated rings. The smallest absolute Gasteiger partial charge is 0.0351 e. The Bertz CT molecular complexity index is 256. The first-order valence-electron chi connectivity index (χ1n) is 5.21. The molecule has 0 radical (unpaired) electrons. The Morgan fingerprint density at radius 3 is 2.86 bits per heavy atom. The molecule has 78 valence electrons. The molecule has 0 aromatic carbocycles. The molecule has 3 heteroatoms. The van der Waals surface area contributed by atoms with Crippen LogP contribution in [0.1, 0.15) is 24.8 Å². The molecule has 1 aliphatic rings. The van der Waals surface area contributed by atoms with Crippen molar-refractivity contribution in [2.75, 3.05) is 12.4 Å². The van der Waals surface area contributed by atoms with Crippen molar-refractivity contribution in [1.29, 1.82) is 0 Å². The molecule has 1 aromatic heterocycles. The molecule has 0 amide bonds. The zero-order valence-corrected chi connectivity index (χ0v) is 9.86. The molecule has 0 N–H and O–H groups in total. The van der Waals surface area contributed by atoms with Gasteiger partial charge in [-0.25, -0.2) is 0 Å². The van der Waals surface area contributed by atoms with Crippen LogP contribution in [0.3, 0.4) is 0 Å². The molecule has 1 saturated carbocycles. The van der Waals surface area contributed by atoms with Gasteiger partial charge in [0.1, 0.15) is 0 Å². The van der Waals surface area contributed by atoms with Crippen LogP contribution in [0.4, 0.5) is 0 Å². The Hall–Kier alpha value is -0.0500. The van der Waals surface area contributed by atoms with Crippen LogP contribution in [0.25, 0.3) is 0 Å². The summed E-state index contributed by atoms with van der Waals surface area (Å²) in [6.45, 7) is 2.11. The molecule has 14 heavy (non-hydrogen) atoms. The fourth-order valence-electron chi connectivity index (χ4n) is 1.87. The van der Waals surface area contributed by atoms with Gasteiger partial charge in [-0.15, -0.1) is 11.6 Å². The third-order valence-corrected chi connectivity index (χ3v) is 3.83. The Morgan fingerprint density at radius 2 is 2.36 bits per heavy atom. The maximum Gasteiger partial charge on any atom is 0.0351 e. The average molecular weight is 230 g/mol. The van der Waals surface area contributed by atoms with E-state index in [0.717, 1.165) is 25.0 Å². The van der Waals surface area contributed by atoms with Crippen molar-refractivity contribution in [2.24, 2.45) is 0 Å². The minimum Gasteiger partial charge on any atom is -0.295 e. The molecule has 2 rings (SSSR count). The lowest BCUT2D eigenvalue weighted by Gasteiger charge is -2.37. The van der Waals surface area contributed by atoms with Gasteiger partial charge >= 0.3 is 0 Å². The monoisotopic (exact) mass is 229 g/mol. The van der Waals surface area contributed by atoms with E-state index in [9.17, 15) is 0 Å². The topological polar surface area (TPSA) is 3.24 Å².